The zero-order valence-corrected chi connectivity index (χ0v) is 16.2. The van der Waals surface area contributed by atoms with E-state index in [1.165, 1.54) is 0 Å². The molecule has 2 amide bonds. The Kier molecular flexibility index (Phi) is 7.14. The van der Waals surface area contributed by atoms with Gasteiger partial charge in [-0.05, 0) is 37.1 Å². The Labute approximate surface area is 169 Å². The molecule has 0 saturated carbocycles. The summed E-state index contributed by atoms with van der Waals surface area (Å²) in [6, 6.07) is 16.3. The fourth-order valence-corrected chi connectivity index (χ4v) is 3.21. The molecule has 3 rings (SSSR count). The van der Waals surface area contributed by atoms with Gasteiger partial charge in [0.15, 0.2) is 0 Å². The fraction of sp³-hybridized carbons (Fsp3) is 0.333. The molecule has 0 spiro atoms. The molecule has 7 heteroatoms. The van der Waals surface area contributed by atoms with Crippen molar-refractivity contribution in [2.24, 2.45) is 5.92 Å². The number of hydrogen-bond donors (Lipinski definition) is 1. The van der Waals surface area contributed by atoms with E-state index in [2.05, 4.69) is 5.32 Å². The van der Waals surface area contributed by atoms with Crippen LogP contribution in [0.5, 0.6) is 5.75 Å². The molecule has 28 heavy (non-hydrogen) atoms. The van der Waals surface area contributed by atoms with Crippen molar-refractivity contribution in [3.8, 4) is 5.75 Å². The number of hydrogen-bond acceptors (Lipinski definition) is 4. The number of benzene rings is 2. The third-order valence-electron chi connectivity index (χ3n) is 4.56. The highest BCUT2D eigenvalue weighted by molar-refractivity contribution is 6.32. The lowest BCUT2D eigenvalue weighted by Gasteiger charge is -2.31. The molecule has 1 N–H and O–H groups in total. The number of nitrogens with zero attached hydrogens (tertiary/aromatic N) is 1. The minimum Gasteiger partial charge on any atom is -0.488 e. The molecule has 1 saturated heterocycles. The van der Waals surface area contributed by atoms with Crippen LogP contribution in [-0.2, 0) is 9.53 Å². The van der Waals surface area contributed by atoms with Crippen molar-refractivity contribution in [2.75, 3.05) is 31.6 Å². The second-order valence-corrected chi connectivity index (χ2v) is 6.91. The number of carbonyl (C=O) groups excluding carboxylic acids is 2. The predicted molar refractivity (Wildman–Crippen MR) is 108 cm³/mol. The van der Waals surface area contributed by atoms with Crippen molar-refractivity contribution in [3.63, 3.8) is 0 Å². The van der Waals surface area contributed by atoms with E-state index in [9.17, 15) is 9.59 Å². The van der Waals surface area contributed by atoms with Gasteiger partial charge in [0.1, 0.15) is 19.0 Å². The van der Waals surface area contributed by atoms with Crippen LogP contribution < -0.4 is 10.1 Å². The molecule has 0 aromatic heterocycles. The van der Waals surface area contributed by atoms with Gasteiger partial charge in [0, 0.05) is 18.8 Å². The van der Waals surface area contributed by atoms with Crippen LogP contribution >= 0.6 is 11.6 Å². The predicted octanol–water partition coefficient (Wildman–Crippen LogP) is 4.21. The van der Waals surface area contributed by atoms with Gasteiger partial charge in [0.25, 0.3) is 0 Å². The Morgan fingerprint density at radius 2 is 1.68 bits per heavy atom. The average Bonchev–Trinajstić information content (AvgIpc) is 2.73. The first-order valence-corrected chi connectivity index (χ1v) is 9.66. The maximum atomic E-state index is 12.3. The van der Waals surface area contributed by atoms with Gasteiger partial charge in [-0.2, -0.15) is 0 Å². The van der Waals surface area contributed by atoms with Crippen LogP contribution in [-0.4, -0.2) is 43.2 Å². The van der Waals surface area contributed by atoms with E-state index in [0.29, 0.717) is 36.7 Å². The van der Waals surface area contributed by atoms with Crippen LogP contribution in [0.25, 0.3) is 0 Å². The molecule has 1 aliphatic heterocycles. The first-order valence-electron chi connectivity index (χ1n) is 9.28. The van der Waals surface area contributed by atoms with Crippen molar-refractivity contribution in [2.45, 2.75) is 12.8 Å². The Bertz CT molecular complexity index is 792. The Balaban J connectivity index is 1.35. The maximum Gasteiger partial charge on any atom is 0.321 e. The summed E-state index contributed by atoms with van der Waals surface area (Å²) in [5.74, 6) is 0.130. The van der Waals surface area contributed by atoms with Crippen molar-refractivity contribution < 1.29 is 19.1 Å². The normalized spacial score (nSPS) is 14.4. The van der Waals surface area contributed by atoms with E-state index >= 15 is 0 Å². The number of para-hydroxylation sites is 2. The van der Waals surface area contributed by atoms with Crippen LogP contribution in [0.15, 0.2) is 54.6 Å². The highest BCUT2D eigenvalue weighted by Gasteiger charge is 2.28. The van der Waals surface area contributed by atoms with E-state index in [1.54, 1.807) is 17.0 Å². The fourth-order valence-electron chi connectivity index (χ4n) is 3.02. The summed E-state index contributed by atoms with van der Waals surface area (Å²) in [6.07, 6.45) is 1.18. The van der Waals surface area contributed by atoms with Crippen LogP contribution in [0.3, 0.4) is 0 Å². The van der Waals surface area contributed by atoms with Crippen LogP contribution in [0.2, 0.25) is 5.02 Å². The van der Waals surface area contributed by atoms with E-state index in [0.717, 1.165) is 5.69 Å². The number of anilines is 1. The summed E-state index contributed by atoms with van der Waals surface area (Å²) in [6.45, 7) is 1.45. The maximum absolute atomic E-state index is 12.3. The molecule has 0 aliphatic carbocycles. The Hall–Kier alpha value is -2.73. The lowest BCUT2D eigenvalue weighted by Crippen LogP contribution is -2.42. The number of likely N-dealkylation sites (tertiary alicyclic amines) is 1. The van der Waals surface area contributed by atoms with Gasteiger partial charge in [0.2, 0.25) is 0 Å². The largest absolute Gasteiger partial charge is 0.488 e. The molecule has 6 nitrogen and oxygen atoms in total. The zero-order valence-electron chi connectivity index (χ0n) is 15.5. The number of carbonyl (C=O) groups is 2. The Morgan fingerprint density at radius 3 is 2.39 bits per heavy atom. The molecule has 2 aromatic rings. The molecular weight excluding hydrogens is 380 g/mol. The standard InChI is InChI=1S/C21H23ClN2O4/c22-18-8-4-5-9-19(18)27-14-15-28-20(25)16-10-12-24(13-11-16)21(26)23-17-6-2-1-3-7-17/h1-9,16H,10-15H2,(H,23,26). The van der Waals surface area contributed by atoms with E-state index in [4.69, 9.17) is 21.1 Å². The van der Waals surface area contributed by atoms with Gasteiger partial charge in [0.05, 0.1) is 10.9 Å². The van der Waals surface area contributed by atoms with Crippen molar-refractivity contribution in [1.82, 2.24) is 4.90 Å². The van der Waals surface area contributed by atoms with E-state index < -0.39 is 0 Å². The number of piperidine rings is 1. The molecule has 0 radical (unpaired) electrons. The van der Waals surface area contributed by atoms with Crippen molar-refractivity contribution in [3.05, 3.63) is 59.6 Å². The van der Waals surface area contributed by atoms with Crippen molar-refractivity contribution >= 4 is 29.3 Å². The van der Waals surface area contributed by atoms with Gasteiger partial charge >= 0.3 is 12.0 Å². The molecular formula is C21H23ClN2O4. The highest BCUT2D eigenvalue weighted by Crippen LogP contribution is 2.23. The Morgan fingerprint density at radius 1 is 1.00 bits per heavy atom. The lowest BCUT2D eigenvalue weighted by molar-refractivity contribution is -0.150. The molecule has 148 valence electrons. The summed E-state index contributed by atoms with van der Waals surface area (Å²) >= 11 is 6.01. The summed E-state index contributed by atoms with van der Waals surface area (Å²) in [7, 11) is 0. The molecule has 0 bridgehead atoms. The van der Waals surface area contributed by atoms with Gasteiger partial charge in [-0.25, -0.2) is 4.79 Å². The van der Waals surface area contributed by atoms with Crippen LogP contribution in [0, 0.1) is 5.92 Å². The van der Waals surface area contributed by atoms with Gasteiger partial charge in [-0.15, -0.1) is 0 Å². The monoisotopic (exact) mass is 402 g/mol. The number of urea groups is 1. The van der Waals surface area contributed by atoms with Gasteiger partial charge < -0.3 is 19.7 Å². The molecule has 0 atom stereocenters. The van der Waals surface area contributed by atoms with Gasteiger partial charge in [-0.1, -0.05) is 41.9 Å². The topological polar surface area (TPSA) is 67.9 Å². The molecule has 1 aliphatic rings. The quantitative estimate of drug-likeness (QED) is 0.580. The number of esters is 1. The van der Waals surface area contributed by atoms with Gasteiger partial charge in [-0.3, -0.25) is 4.79 Å². The molecule has 1 fully saturated rings. The number of amides is 2. The smallest absolute Gasteiger partial charge is 0.321 e. The van der Waals surface area contributed by atoms with E-state index in [1.807, 2.05) is 42.5 Å². The first-order chi connectivity index (χ1) is 13.6. The molecule has 1 heterocycles. The average molecular weight is 403 g/mol. The minimum atomic E-state index is -0.245. The summed E-state index contributed by atoms with van der Waals surface area (Å²) in [5.41, 5.74) is 0.757. The summed E-state index contributed by atoms with van der Waals surface area (Å²) in [4.78, 5) is 26.2. The zero-order chi connectivity index (χ0) is 19.8. The van der Waals surface area contributed by atoms with Crippen molar-refractivity contribution in [1.29, 1.82) is 0 Å². The SMILES string of the molecule is O=C(OCCOc1ccccc1Cl)C1CCN(C(=O)Nc2ccccc2)CC1. The third-order valence-corrected chi connectivity index (χ3v) is 4.87. The van der Waals surface area contributed by atoms with E-state index in [-0.39, 0.29) is 31.1 Å². The lowest BCUT2D eigenvalue weighted by atomic mass is 9.97. The number of nitrogens with one attached hydrogen (secondary N) is 1. The summed E-state index contributed by atoms with van der Waals surface area (Å²) < 4.78 is 10.8. The third kappa shape index (κ3) is 5.63. The molecule has 0 unspecified atom stereocenters. The second kappa shape index (κ2) is 9.99. The van der Waals surface area contributed by atoms with Crippen LogP contribution in [0.4, 0.5) is 10.5 Å². The minimum absolute atomic E-state index is 0.147. The highest BCUT2D eigenvalue weighted by atomic mass is 35.5. The summed E-state index contributed by atoms with van der Waals surface area (Å²) in [5, 5.41) is 3.38. The van der Waals surface area contributed by atoms with Crippen LogP contribution in [0.1, 0.15) is 12.8 Å². The first kappa shape index (κ1) is 20.0. The number of halogens is 1. The number of rotatable bonds is 6. The number of ether oxygens (including phenoxy) is 2. The second-order valence-electron chi connectivity index (χ2n) is 6.50. The molecule has 2 aromatic carbocycles.